The zero-order chi connectivity index (χ0) is 11.5. The Morgan fingerprint density at radius 1 is 1.31 bits per heavy atom. The van der Waals surface area contributed by atoms with Crippen molar-refractivity contribution >= 4 is 0 Å². The number of rotatable bonds is 4. The average molecular weight is 223 g/mol. The number of likely N-dealkylation sites (N-methyl/N-ethyl adjacent to an activating group) is 1. The SMILES string of the molecule is CNCC1Cc2cc(OC)c(OC)cc2O1. The molecular formula is C12H17NO3. The second kappa shape index (κ2) is 4.61. The standard InChI is InChI=1S/C12H17NO3/c1-13-7-9-4-8-5-11(14-2)12(15-3)6-10(8)16-9/h5-6,9,13H,4,7H2,1-3H3. The molecule has 0 bridgehead atoms. The van der Waals surface area contributed by atoms with E-state index in [9.17, 15) is 0 Å². The lowest BCUT2D eigenvalue weighted by Crippen LogP contribution is -2.27. The first-order chi connectivity index (χ1) is 7.78. The molecule has 1 heterocycles. The summed E-state index contributed by atoms with van der Waals surface area (Å²) in [4.78, 5) is 0. The number of hydrogen-bond acceptors (Lipinski definition) is 4. The Kier molecular flexibility index (Phi) is 3.19. The van der Waals surface area contributed by atoms with Crippen LogP contribution in [0.3, 0.4) is 0 Å². The number of benzene rings is 1. The van der Waals surface area contributed by atoms with Gasteiger partial charge in [0, 0.05) is 24.6 Å². The monoisotopic (exact) mass is 223 g/mol. The number of fused-ring (bicyclic) bond motifs is 1. The van der Waals surface area contributed by atoms with E-state index in [2.05, 4.69) is 5.32 Å². The third-order valence-corrected chi connectivity index (χ3v) is 2.74. The minimum absolute atomic E-state index is 0.205. The maximum atomic E-state index is 5.79. The number of ether oxygens (including phenoxy) is 3. The molecule has 1 atom stereocenters. The highest BCUT2D eigenvalue weighted by Crippen LogP contribution is 2.38. The van der Waals surface area contributed by atoms with Crippen LogP contribution in [0.15, 0.2) is 12.1 Å². The largest absolute Gasteiger partial charge is 0.493 e. The number of nitrogens with one attached hydrogen (secondary N) is 1. The lowest BCUT2D eigenvalue weighted by atomic mass is 10.1. The predicted molar refractivity (Wildman–Crippen MR) is 61.6 cm³/mol. The van der Waals surface area contributed by atoms with E-state index in [0.717, 1.165) is 24.5 Å². The van der Waals surface area contributed by atoms with Crippen LogP contribution in [0.5, 0.6) is 17.2 Å². The summed E-state index contributed by atoms with van der Waals surface area (Å²) >= 11 is 0. The van der Waals surface area contributed by atoms with Gasteiger partial charge in [-0.15, -0.1) is 0 Å². The summed E-state index contributed by atoms with van der Waals surface area (Å²) < 4.78 is 16.3. The van der Waals surface area contributed by atoms with Gasteiger partial charge in [0.1, 0.15) is 11.9 Å². The Balaban J connectivity index is 2.25. The van der Waals surface area contributed by atoms with Crippen LogP contribution in [0.1, 0.15) is 5.56 Å². The van der Waals surface area contributed by atoms with Gasteiger partial charge < -0.3 is 19.5 Å². The molecule has 88 valence electrons. The van der Waals surface area contributed by atoms with Gasteiger partial charge in [0.25, 0.3) is 0 Å². The first kappa shape index (κ1) is 11.1. The summed E-state index contributed by atoms with van der Waals surface area (Å²) in [7, 11) is 5.20. The van der Waals surface area contributed by atoms with Gasteiger partial charge in [0.15, 0.2) is 11.5 Å². The van der Waals surface area contributed by atoms with Crippen molar-refractivity contribution in [3.63, 3.8) is 0 Å². The lowest BCUT2D eigenvalue weighted by Gasteiger charge is -2.10. The molecule has 16 heavy (non-hydrogen) atoms. The van der Waals surface area contributed by atoms with Crippen LogP contribution in [0.25, 0.3) is 0 Å². The maximum Gasteiger partial charge on any atom is 0.164 e. The molecule has 0 aromatic heterocycles. The van der Waals surface area contributed by atoms with Crippen molar-refractivity contribution in [2.75, 3.05) is 27.8 Å². The van der Waals surface area contributed by atoms with E-state index in [1.54, 1.807) is 14.2 Å². The van der Waals surface area contributed by atoms with Crippen molar-refractivity contribution in [2.24, 2.45) is 0 Å². The summed E-state index contributed by atoms with van der Waals surface area (Å²) in [6, 6.07) is 3.88. The smallest absolute Gasteiger partial charge is 0.164 e. The third kappa shape index (κ3) is 1.93. The Bertz CT molecular complexity index is 346. The fraction of sp³-hybridized carbons (Fsp3) is 0.500. The summed E-state index contributed by atoms with van der Waals surface area (Å²) in [5.74, 6) is 2.37. The number of methoxy groups -OCH3 is 2. The Labute approximate surface area is 95.5 Å². The molecule has 1 unspecified atom stereocenters. The normalized spacial score (nSPS) is 17.8. The predicted octanol–water partition coefficient (Wildman–Crippen LogP) is 1.23. The highest BCUT2D eigenvalue weighted by molar-refractivity contribution is 5.52. The van der Waals surface area contributed by atoms with Gasteiger partial charge in [-0.05, 0) is 13.1 Å². The van der Waals surface area contributed by atoms with Gasteiger partial charge in [0.05, 0.1) is 14.2 Å². The van der Waals surface area contributed by atoms with Crippen LogP contribution >= 0.6 is 0 Å². The van der Waals surface area contributed by atoms with E-state index >= 15 is 0 Å². The van der Waals surface area contributed by atoms with Gasteiger partial charge in [-0.3, -0.25) is 0 Å². The molecule has 4 heteroatoms. The van der Waals surface area contributed by atoms with E-state index in [4.69, 9.17) is 14.2 Å². The average Bonchev–Trinajstić information content (AvgIpc) is 2.68. The molecule has 1 N–H and O–H groups in total. The summed E-state index contributed by atoms with van der Waals surface area (Å²) in [6.07, 6.45) is 1.12. The molecule has 1 aromatic rings. The molecular weight excluding hydrogens is 206 g/mol. The molecule has 2 rings (SSSR count). The molecule has 1 aliphatic heterocycles. The Morgan fingerprint density at radius 2 is 2.00 bits per heavy atom. The summed E-state index contributed by atoms with van der Waals surface area (Å²) in [5, 5.41) is 3.11. The molecule has 0 amide bonds. The summed E-state index contributed by atoms with van der Waals surface area (Å²) in [5.41, 5.74) is 1.18. The zero-order valence-electron chi connectivity index (χ0n) is 9.87. The lowest BCUT2D eigenvalue weighted by molar-refractivity contribution is 0.230. The van der Waals surface area contributed by atoms with Crippen LogP contribution in [0.2, 0.25) is 0 Å². The van der Waals surface area contributed by atoms with Crippen LogP contribution < -0.4 is 19.5 Å². The second-order valence-corrected chi connectivity index (χ2v) is 3.82. The van der Waals surface area contributed by atoms with Crippen molar-refractivity contribution in [1.29, 1.82) is 0 Å². The molecule has 0 saturated heterocycles. The fourth-order valence-electron chi connectivity index (χ4n) is 1.98. The fourth-order valence-corrected chi connectivity index (χ4v) is 1.98. The molecule has 0 fully saturated rings. The van der Waals surface area contributed by atoms with E-state index in [1.165, 1.54) is 5.56 Å². The first-order valence-electron chi connectivity index (χ1n) is 5.34. The minimum Gasteiger partial charge on any atom is -0.493 e. The molecule has 1 aliphatic rings. The van der Waals surface area contributed by atoms with Crippen molar-refractivity contribution in [3.8, 4) is 17.2 Å². The Morgan fingerprint density at radius 3 is 2.62 bits per heavy atom. The van der Waals surface area contributed by atoms with Crippen LogP contribution in [0, 0.1) is 0 Å². The van der Waals surface area contributed by atoms with Gasteiger partial charge in [-0.1, -0.05) is 0 Å². The van der Waals surface area contributed by atoms with Crippen molar-refractivity contribution in [2.45, 2.75) is 12.5 Å². The van der Waals surface area contributed by atoms with Crippen LogP contribution in [-0.2, 0) is 6.42 Å². The zero-order valence-corrected chi connectivity index (χ0v) is 9.87. The van der Waals surface area contributed by atoms with Crippen molar-refractivity contribution < 1.29 is 14.2 Å². The number of hydrogen-bond donors (Lipinski definition) is 1. The highest BCUT2D eigenvalue weighted by atomic mass is 16.5. The minimum atomic E-state index is 0.205. The van der Waals surface area contributed by atoms with Crippen molar-refractivity contribution in [3.05, 3.63) is 17.7 Å². The molecule has 1 aromatic carbocycles. The third-order valence-electron chi connectivity index (χ3n) is 2.74. The molecule has 0 radical (unpaired) electrons. The second-order valence-electron chi connectivity index (χ2n) is 3.82. The van der Waals surface area contributed by atoms with E-state index < -0.39 is 0 Å². The van der Waals surface area contributed by atoms with Crippen LogP contribution in [0.4, 0.5) is 0 Å². The molecule has 0 spiro atoms. The van der Waals surface area contributed by atoms with Crippen LogP contribution in [-0.4, -0.2) is 33.9 Å². The van der Waals surface area contributed by atoms with Gasteiger partial charge in [0.2, 0.25) is 0 Å². The topological polar surface area (TPSA) is 39.7 Å². The molecule has 0 saturated carbocycles. The first-order valence-corrected chi connectivity index (χ1v) is 5.34. The van der Waals surface area contributed by atoms with Gasteiger partial charge in [-0.25, -0.2) is 0 Å². The highest BCUT2D eigenvalue weighted by Gasteiger charge is 2.24. The maximum absolute atomic E-state index is 5.79. The summed E-state index contributed by atoms with van der Waals surface area (Å²) in [6.45, 7) is 0.847. The van der Waals surface area contributed by atoms with E-state index in [0.29, 0.717) is 5.75 Å². The van der Waals surface area contributed by atoms with E-state index in [-0.39, 0.29) is 6.10 Å². The molecule has 4 nitrogen and oxygen atoms in total. The van der Waals surface area contributed by atoms with Gasteiger partial charge >= 0.3 is 0 Å². The van der Waals surface area contributed by atoms with Crippen molar-refractivity contribution in [1.82, 2.24) is 5.32 Å². The Hall–Kier alpha value is -1.42. The molecule has 0 aliphatic carbocycles. The van der Waals surface area contributed by atoms with E-state index in [1.807, 2.05) is 19.2 Å². The van der Waals surface area contributed by atoms with Gasteiger partial charge in [-0.2, -0.15) is 0 Å². The quantitative estimate of drug-likeness (QED) is 0.833.